The second-order valence-corrected chi connectivity index (χ2v) is 9.51. The van der Waals surface area contributed by atoms with Crippen LogP contribution in [0, 0.1) is 0 Å². The fraction of sp³-hybridized carbons (Fsp3) is 0.259. The summed E-state index contributed by atoms with van der Waals surface area (Å²) in [5, 5.41) is 15.0. The van der Waals surface area contributed by atoms with Crippen LogP contribution in [0.25, 0.3) is 17.0 Å². The third-order valence-corrected chi connectivity index (χ3v) is 6.97. The van der Waals surface area contributed by atoms with Crippen LogP contribution < -0.4 is 5.48 Å². The van der Waals surface area contributed by atoms with E-state index in [9.17, 15) is 4.79 Å². The van der Waals surface area contributed by atoms with Crippen molar-refractivity contribution < 1.29 is 10.0 Å². The van der Waals surface area contributed by atoms with Crippen molar-refractivity contribution >= 4 is 34.5 Å². The van der Waals surface area contributed by atoms with E-state index in [0.29, 0.717) is 6.04 Å². The lowest BCUT2D eigenvalue weighted by atomic mass is 10.0. The maximum atomic E-state index is 11.3. The van der Waals surface area contributed by atoms with E-state index in [1.54, 1.807) is 11.6 Å². The van der Waals surface area contributed by atoms with Crippen LogP contribution >= 0.6 is 11.6 Å². The van der Waals surface area contributed by atoms with E-state index < -0.39 is 5.91 Å². The van der Waals surface area contributed by atoms with Crippen molar-refractivity contribution in [2.75, 3.05) is 6.54 Å². The van der Waals surface area contributed by atoms with Gasteiger partial charge < -0.3 is 4.98 Å². The highest BCUT2D eigenvalue weighted by molar-refractivity contribution is 6.31. The van der Waals surface area contributed by atoms with Crippen LogP contribution in [0.1, 0.15) is 40.3 Å². The molecule has 0 aliphatic heterocycles. The largest absolute Gasteiger partial charge is 0.361 e. The van der Waals surface area contributed by atoms with Gasteiger partial charge in [-0.2, -0.15) is 5.10 Å². The monoisotopic (exact) mass is 489 g/mol. The van der Waals surface area contributed by atoms with Gasteiger partial charge in [0.15, 0.2) is 0 Å². The van der Waals surface area contributed by atoms with Crippen molar-refractivity contribution in [2.24, 2.45) is 7.05 Å². The number of hydrogen-bond donors (Lipinski definition) is 3. The van der Waals surface area contributed by atoms with Crippen LogP contribution in [0.4, 0.5) is 0 Å². The summed E-state index contributed by atoms with van der Waals surface area (Å²) in [4.78, 5) is 17.2. The molecule has 2 heterocycles. The van der Waals surface area contributed by atoms with E-state index in [-0.39, 0.29) is 0 Å². The molecule has 0 saturated heterocycles. The molecule has 0 radical (unpaired) electrons. The molecule has 4 aromatic rings. The number of carbonyl (C=O) groups is 1. The topological polar surface area (TPSA) is 86.2 Å². The van der Waals surface area contributed by atoms with Gasteiger partial charge in [-0.15, -0.1) is 0 Å². The van der Waals surface area contributed by atoms with E-state index in [2.05, 4.69) is 45.6 Å². The SMILES string of the molecule is Cn1cc(CN(CCc2c[nH]c3cc(Cl)ccc23)C2CCc3cc(/C=C/C(=O)NO)ccc32)cn1. The predicted octanol–water partition coefficient (Wildman–Crippen LogP) is 4.81. The molecule has 1 unspecified atom stereocenters. The summed E-state index contributed by atoms with van der Waals surface area (Å²) in [6, 6.07) is 12.7. The molecule has 2 aromatic carbocycles. The molecule has 1 amide bonds. The second-order valence-electron chi connectivity index (χ2n) is 9.07. The molecule has 7 nitrogen and oxygen atoms in total. The average molecular weight is 490 g/mol. The van der Waals surface area contributed by atoms with E-state index in [1.165, 1.54) is 33.7 Å². The van der Waals surface area contributed by atoms with E-state index >= 15 is 0 Å². The van der Waals surface area contributed by atoms with Gasteiger partial charge in [-0.25, -0.2) is 5.48 Å². The van der Waals surface area contributed by atoms with Gasteiger partial charge in [-0.05, 0) is 59.7 Å². The molecular weight excluding hydrogens is 462 g/mol. The summed E-state index contributed by atoms with van der Waals surface area (Å²) >= 11 is 6.16. The number of nitrogens with one attached hydrogen (secondary N) is 2. The van der Waals surface area contributed by atoms with Gasteiger partial charge >= 0.3 is 0 Å². The lowest BCUT2D eigenvalue weighted by Crippen LogP contribution is -2.29. The average Bonchev–Trinajstić information content (AvgIpc) is 3.58. The zero-order chi connectivity index (χ0) is 24.4. The van der Waals surface area contributed by atoms with Crippen LogP contribution in [0.15, 0.2) is 61.1 Å². The van der Waals surface area contributed by atoms with Crippen molar-refractivity contribution in [3.8, 4) is 0 Å². The van der Waals surface area contributed by atoms with Gasteiger partial charge in [0.2, 0.25) is 0 Å². The summed E-state index contributed by atoms with van der Waals surface area (Å²) in [5.41, 5.74) is 8.76. The summed E-state index contributed by atoms with van der Waals surface area (Å²) in [6.45, 7) is 1.73. The second kappa shape index (κ2) is 10.1. The Morgan fingerprint density at radius 3 is 3.03 bits per heavy atom. The highest BCUT2D eigenvalue weighted by atomic mass is 35.5. The Morgan fingerprint density at radius 1 is 1.34 bits per heavy atom. The third kappa shape index (κ3) is 5.17. The van der Waals surface area contributed by atoms with Crippen molar-refractivity contribution in [3.63, 3.8) is 0 Å². The number of nitrogens with zero attached hydrogens (tertiary/aromatic N) is 3. The molecule has 8 heteroatoms. The van der Waals surface area contributed by atoms with Crippen LogP contribution in [-0.2, 0) is 31.2 Å². The third-order valence-electron chi connectivity index (χ3n) is 6.73. The van der Waals surface area contributed by atoms with Gasteiger partial charge in [0.1, 0.15) is 0 Å². The van der Waals surface area contributed by atoms with Gasteiger partial charge in [0, 0.05) is 66.1 Å². The zero-order valence-electron chi connectivity index (χ0n) is 19.5. The molecule has 2 aromatic heterocycles. The smallest absolute Gasteiger partial charge is 0.267 e. The van der Waals surface area contributed by atoms with Gasteiger partial charge in [0.25, 0.3) is 5.91 Å². The minimum Gasteiger partial charge on any atom is -0.361 e. The lowest BCUT2D eigenvalue weighted by molar-refractivity contribution is -0.124. The number of hydrogen-bond acceptors (Lipinski definition) is 4. The summed E-state index contributed by atoms with van der Waals surface area (Å²) < 4.78 is 1.85. The highest BCUT2D eigenvalue weighted by Crippen LogP contribution is 2.37. The molecule has 5 rings (SSSR count). The van der Waals surface area contributed by atoms with Gasteiger partial charge in [-0.1, -0.05) is 35.9 Å². The van der Waals surface area contributed by atoms with Crippen LogP contribution in [0.2, 0.25) is 5.02 Å². The normalized spacial score (nSPS) is 15.4. The zero-order valence-corrected chi connectivity index (χ0v) is 20.3. The number of hydroxylamine groups is 1. The lowest BCUT2D eigenvalue weighted by Gasteiger charge is -2.29. The Hall–Kier alpha value is -3.39. The first-order valence-corrected chi connectivity index (χ1v) is 12.1. The van der Waals surface area contributed by atoms with Crippen LogP contribution in [0.5, 0.6) is 0 Å². The summed E-state index contributed by atoms with van der Waals surface area (Å²) in [7, 11) is 1.95. The number of rotatable bonds is 8. The van der Waals surface area contributed by atoms with Crippen LogP contribution in [-0.4, -0.2) is 37.3 Å². The highest BCUT2D eigenvalue weighted by Gasteiger charge is 2.28. The number of benzene rings is 2. The molecule has 0 saturated carbocycles. The molecule has 0 bridgehead atoms. The predicted molar refractivity (Wildman–Crippen MR) is 137 cm³/mol. The molecule has 180 valence electrons. The minimum absolute atomic E-state index is 0.309. The molecule has 1 aliphatic carbocycles. The molecule has 0 fully saturated rings. The number of aromatic nitrogens is 3. The Bertz CT molecular complexity index is 1390. The maximum absolute atomic E-state index is 11.3. The quantitative estimate of drug-likeness (QED) is 0.188. The minimum atomic E-state index is -0.537. The Balaban J connectivity index is 1.38. The van der Waals surface area contributed by atoms with Gasteiger partial charge in [-0.3, -0.25) is 19.6 Å². The number of fused-ring (bicyclic) bond motifs is 2. The summed E-state index contributed by atoms with van der Waals surface area (Å²) in [5.74, 6) is -0.537. The van der Waals surface area contributed by atoms with E-state index in [1.807, 2.05) is 36.1 Å². The Labute approximate surface area is 209 Å². The first kappa shape index (κ1) is 23.4. The number of aryl methyl sites for hydroxylation is 2. The molecule has 3 N–H and O–H groups in total. The number of aromatic amines is 1. The molecule has 1 atom stereocenters. The molecule has 0 spiro atoms. The number of carbonyl (C=O) groups excluding carboxylic acids is 1. The fourth-order valence-corrected chi connectivity index (χ4v) is 5.24. The van der Waals surface area contributed by atoms with Crippen molar-refractivity contribution in [1.82, 2.24) is 25.1 Å². The van der Waals surface area contributed by atoms with E-state index in [4.69, 9.17) is 16.8 Å². The number of halogens is 1. The molecule has 35 heavy (non-hydrogen) atoms. The summed E-state index contributed by atoms with van der Waals surface area (Å²) in [6.07, 6.45) is 12.1. The number of H-pyrrole nitrogens is 1. The first-order chi connectivity index (χ1) is 17.0. The fourth-order valence-electron chi connectivity index (χ4n) is 5.07. The Morgan fingerprint density at radius 2 is 2.23 bits per heavy atom. The molecule has 1 aliphatic rings. The first-order valence-electron chi connectivity index (χ1n) is 11.7. The maximum Gasteiger partial charge on any atom is 0.267 e. The Kier molecular flexibility index (Phi) is 6.72. The van der Waals surface area contributed by atoms with Crippen molar-refractivity contribution in [2.45, 2.75) is 31.8 Å². The van der Waals surface area contributed by atoms with Crippen molar-refractivity contribution in [1.29, 1.82) is 0 Å². The standard InChI is InChI=1S/C27H28ClN5O2/c1-32-16-19(14-30-32)17-33(11-10-21-15-29-25-13-22(28)5-7-23(21)25)26-8-4-20-12-18(2-6-24(20)26)3-9-27(34)31-35/h2-3,5-7,9,12-16,26,29,35H,4,8,10-11,17H2,1H3,(H,31,34)/b9-3+. The van der Waals surface area contributed by atoms with Gasteiger partial charge in [0.05, 0.1) is 6.20 Å². The number of amides is 1. The molecular formula is C27H28ClN5O2. The van der Waals surface area contributed by atoms with Crippen molar-refractivity contribution in [3.05, 3.63) is 93.9 Å². The van der Waals surface area contributed by atoms with Crippen LogP contribution in [0.3, 0.4) is 0 Å². The van der Waals surface area contributed by atoms with E-state index in [0.717, 1.165) is 48.5 Å².